The zero-order valence-electron chi connectivity index (χ0n) is 12.2. The van der Waals surface area contributed by atoms with Gasteiger partial charge in [0.1, 0.15) is 0 Å². The molecular formula is C17H19ClN2OS. The average molecular weight is 335 g/mol. The number of hydrogen-bond acceptors (Lipinski definition) is 3. The van der Waals surface area contributed by atoms with E-state index >= 15 is 0 Å². The number of nitrogens with zero attached hydrogens (tertiary/aromatic N) is 1. The van der Waals surface area contributed by atoms with Crippen molar-refractivity contribution in [2.45, 2.75) is 18.9 Å². The third-order valence-corrected chi connectivity index (χ3v) is 5.14. The molecule has 2 atom stereocenters. The van der Waals surface area contributed by atoms with Gasteiger partial charge >= 0.3 is 0 Å². The molecule has 0 saturated carbocycles. The van der Waals surface area contributed by atoms with E-state index in [1.165, 1.54) is 16.9 Å². The second-order valence-corrected chi connectivity index (χ2v) is 7.26. The van der Waals surface area contributed by atoms with Crippen molar-refractivity contribution in [1.82, 2.24) is 4.90 Å². The highest BCUT2D eigenvalue weighted by Crippen LogP contribution is 2.23. The number of amides is 1. The maximum absolute atomic E-state index is 12.5. The minimum absolute atomic E-state index is 0.0509. The van der Waals surface area contributed by atoms with Gasteiger partial charge < -0.3 is 10.6 Å². The lowest BCUT2D eigenvalue weighted by atomic mass is 9.89. The first-order chi connectivity index (χ1) is 10.6. The summed E-state index contributed by atoms with van der Waals surface area (Å²) in [5, 5.41) is 2.68. The minimum Gasteiger partial charge on any atom is -0.336 e. The third-order valence-electron chi connectivity index (χ3n) is 4.03. The van der Waals surface area contributed by atoms with Gasteiger partial charge in [0.05, 0.1) is 4.88 Å². The molecule has 2 N–H and O–H groups in total. The molecule has 1 aromatic carbocycles. The summed E-state index contributed by atoms with van der Waals surface area (Å²) < 4.78 is 0. The van der Waals surface area contributed by atoms with Crippen molar-refractivity contribution in [3.63, 3.8) is 0 Å². The predicted octanol–water partition coefficient (Wildman–Crippen LogP) is 3.43. The molecule has 3 nitrogen and oxygen atoms in total. The summed E-state index contributed by atoms with van der Waals surface area (Å²) in [4.78, 5) is 15.2. The summed E-state index contributed by atoms with van der Waals surface area (Å²) in [5.74, 6) is 0.500. The summed E-state index contributed by atoms with van der Waals surface area (Å²) in [6.07, 6.45) is 1.88. The molecule has 1 fully saturated rings. The number of piperidine rings is 1. The van der Waals surface area contributed by atoms with Gasteiger partial charge in [-0.1, -0.05) is 29.8 Å². The van der Waals surface area contributed by atoms with Crippen molar-refractivity contribution in [3.05, 3.63) is 57.2 Å². The van der Waals surface area contributed by atoms with Crippen molar-refractivity contribution in [2.75, 3.05) is 13.1 Å². The Morgan fingerprint density at radius 2 is 2.05 bits per heavy atom. The highest BCUT2D eigenvalue weighted by Gasteiger charge is 2.29. The SMILES string of the molecule is NC1CC(Cc2ccc(Cl)cc2)CN(C(=O)c2cccs2)C1. The first-order valence-corrected chi connectivity index (χ1v) is 8.70. The van der Waals surface area contributed by atoms with Crippen LogP contribution in [0.4, 0.5) is 0 Å². The predicted molar refractivity (Wildman–Crippen MR) is 91.5 cm³/mol. The number of nitrogens with two attached hydrogens (primary N) is 1. The van der Waals surface area contributed by atoms with E-state index < -0.39 is 0 Å². The van der Waals surface area contributed by atoms with Gasteiger partial charge in [0.2, 0.25) is 0 Å². The molecule has 0 radical (unpaired) electrons. The molecule has 22 heavy (non-hydrogen) atoms. The minimum atomic E-state index is 0.0509. The monoisotopic (exact) mass is 334 g/mol. The molecule has 0 spiro atoms. The van der Waals surface area contributed by atoms with Crippen LogP contribution in [0.3, 0.4) is 0 Å². The number of likely N-dealkylation sites (tertiary alicyclic amines) is 1. The van der Waals surface area contributed by atoms with Crippen LogP contribution in [0.5, 0.6) is 0 Å². The number of carbonyl (C=O) groups is 1. The highest BCUT2D eigenvalue weighted by atomic mass is 35.5. The highest BCUT2D eigenvalue weighted by molar-refractivity contribution is 7.12. The fourth-order valence-corrected chi connectivity index (χ4v) is 3.89. The van der Waals surface area contributed by atoms with E-state index in [0.717, 1.165) is 29.3 Å². The summed E-state index contributed by atoms with van der Waals surface area (Å²) in [7, 11) is 0. The normalized spacial score (nSPS) is 21.8. The van der Waals surface area contributed by atoms with Crippen LogP contribution in [0.25, 0.3) is 0 Å². The quantitative estimate of drug-likeness (QED) is 0.934. The van der Waals surface area contributed by atoms with E-state index in [1.54, 1.807) is 0 Å². The first-order valence-electron chi connectivity index (χ1n) is 7.44. The lowest BCUT2D eigenvalue weighted by Crippen LogP contribution is -2.49. The van der Waals surface area contributed by atoms with E-state index in [4.69, 9.17) is 17.3 Å². The van der Waals surface area contributed by atoms with Crippen LogP contribution >= 0.6 is 22.9 Å². The lowest BCUT2D eigenvalue weighted by molar-refractivity contribution is 0.0654. The lowest BCUT2D eigenvalue weighted by Gasteiger charge is -2.36. The molecule has 1 aromatic heterocycles. The van der Waals surface area contributed by atoms with Crippen molar-refractivity contribution < 1.29 is 4.79 Å². The Balaban J connectivity index is 1.68. The molecule has 0 bridgehead atoms. The van der Waals surface area contributed by atoms with Crippen LogP contribution in [0.15, 0.2) is 41.8 Å². The van der Waals surface area contributed by atoms with E-state index in [1.807, 2.05) is 46.7 Å². The fraction of sp³-hybridized carbons (Fsp3) is 0.353. The summed E-state index contributed by atoms with van der Waals surface area (Å²) in [6, 6.07) is 11.8. The number of carbonyl (C=O) groups excluding carboxylic acids is 1. The molecule has 116 valence electrons. The molecular weight excluding hydrogens is 316 g/mol. The standard InChI is InChI=1S/C17H19ClN2OS/c18-14-5-3-12(4-6-14)8-13-9-15(19)11-20(10-13)17(21)16-2-1-7-22-16/h1-7,13,15H,8-11,19H2. The van der Waals surface area contributed by atoms with Gasteiger partial charge in [-0.15, -0.1) is 11.3 Å². The maximum Gasteiger partial charge on any atom is 0.263 e. The maximum atomic E-state index is 12.5. The van der Waals surface area contributed by atoms with Crippen LogP contribution < -0.4 is 5.73 Å². The molecule has 1 aliphatic rings. The van der Waals surface area contributed by atoms with Crippen molar-refractivity contribution in [2.24, 2.45) is 11.7 Å². The smallest absolute Gasteiger partial charge is 0.263 e. The van der Waals surface area contributed by atoms with Crippen LogP contribution in [0, 0.1) is 5.92 Å². The largest absolute Gasteiger partial charge is 0.336 e. The van der Waals surface area contributed by atoms with E-state index in [0.29, 0.717) is 12.5 Å². The van der Waals surface area contributed by atoms with E-state index in [2.05, 4.69) is 0 Å². The summed E-state index contributed by atoms with van der Waals surface area (Å²) >= 11 is 7.41. The Bertz CT molecular complexity index is 627. The second-order valence-electron chi connectivity index (χ2n) is 5.88. The fourth-order valence-electron chi connectivity index (χ4n) is 3.07. The number of halogens is 1. The molecule has 2 heterocycles. The third kappa shape index (κ3) is 3.69. The van der Waals surface area contributed by atoms with Gasteiger partial charge in [0.15, 0.2) is 0 Å². The second kappa shape index (κ2) is 6.82. The Morgan fingerprint density at radius 1 is 1.27 bits per heavy atom. The zero-order valence-corrected chi connectivity index (χ0v) is 13.8. The van der Waals surface area contributed by atoms with Crippen LogP contribution in [-0.4, -0.2) is 29.9 Å². The van der Waals surface area contributed by atoms with Crippen molar-refractivity contribution >= 4 is 28.8 Å². The zero-order chi connectivity index (χ0) is 15.5. The average Bonchev–Trinajstić information content (AvgIpc) is 3.02. The molecule has 1 aliphatic heterocycles. The molecule has 1 amide bonds. The molecule has 2 aromatic rings. The van der Waals surface area contributed by atoms with Crippen LogP contribution in [0.2, 0.25) is 5.02 Å². The van der Waals surface area contributed by atoms with Gasteiger partial charge in [0, 0.05) is 24.2 Å². The molecule has 0 aliphatic carbocycles. The van der Waals surface area contributed by atoms with Gasteiger partial charge in [0.25, 0.3) is 5.91 Å². The Kier molecular flexibility index (Phi) is 4.81. The Labute approximate surface area is 139 Å². The Hall–Kier alpha value is -1.36. The molecule has 3 rings (SSSR count). The van der Waals surface area contributed by atoms with Gasteiger partial charge in [-0.2, -0.15) is 0 Å². The van der Waals surface area contributed by atoms with Crippen molar-refractivity contribution in [3.8, 4) is 0 Å². The van der Waals surface area contributed by atoms with Gasteiger partial charge in [-0.25, -0.2) is 0 Å². The van der Waals surface area contributed by atoms with Crippen LogP contribution in [-0.2, 0) is 6.42 Å². The molecule has 2 unspecified atom stereocenters. The summed E-state index contributed by atoms with van der Waals surface area (Å²) in [5.41, 5.74) is 7.42. The molecule has 1 saturated heterocycles. The van der Waals surface area contributed by atoms with E-state index in [9.17, 15) is 4.79 Å². The van der Waals surface area contributed by atoms with E-state index in [-0.39, 0.29) is 11.9 Å². The summed E-state index contributed by atoms with van der Waals surface area (Å²) in [6.45, 7) is 1.42. The topological polar surface area (TPSA) is 46.3 Å². The first kappa shape index (κ1) is 15.5. The number of rotatable bonds is 3. The van der Waals surface area contributed by atoms with Crippen LogP contribution in [0.1, 0.15) is 21.7 Å². The van der Waals surface area contributed by atoms with Crippen molar-refractivity contribution in [1.29, 1.82) is 0 Å². The molecule has 5 heteroatoms. The number of benzene rings is 1. The Morgan fingerprint density at radius 3 is 2.73 bits per heavy atom. The number of thiophene rings is 1. The van der Waals surface area contributed by atoms with Gasteiger partial charge in [-0.3, -0.25) is 4.79 Å². The van der Waals surface area contributed by atoms with Gasteiger partial charge in [-0.05, 0) is 47.9 Å². The number of hydrogen-bond donors (Lipinski definition) is 1.